The van der Waals surface area contributed by atoms with Crippen LogP contribution in [0.3, 0.4) is 0 Å². The number of aliphatic hydroxyl groups excluding tert-OH is 1. The van der Waals surface area contributed by atoms with E-state index in [4.69, 9.17) is 9.84 Å². The number of aliphatic carboxylic acids is 1. The standard InChI is InChI=1S/C26H24N2O6/c1-15-12-16(24(30)27-13-23(29)25(31)32)10-11-22(15)28-26(33)34-14-21-19-8-4-2-6-17(19)18-7-3-5-9-20(18)21/h2-12,21,23,29H,13-14H2,1H3,(H,27,30)(H,28,33)(H,31,32). The van der Waals surface area contributed by atoms with Crippen molar-refractivity contribution in [2.75, 3.05) is 18.5 Å². The number of aliphatic hydroxyl groups is 1. The Kier molecular flexibility index (Phi) is 6.60. The molecule has 0 saturated heterocycles. The molecule has 1 aliphatic carbocycles. The molecular formula is C26H24N2O6. The summed E-state index contributed by atoms with van der Waals surface area (Å²) in [5, 5.41) is 23.0. The Balaban J connectivity index is 1.37. The fourth-order valence-corrected chi connectivity index (χ4v) is 4.07. The van der Waals surface area contributed by atoms with E-state index in [1.807, 2.05) is 36.4 Å². The number of fused-ring (bicyclic) bond motifs is 3. The summed E-state index contributed by atoms with van der Waals surface area (Å²) in [7, 11) is 0. The molecule has 4 N–H and O–H groups in total. The fraction of sp³-hybridized carbons (Fsp3) is 0.192. The third-order valence-electron chi connectivity index (χ3n) is 5.81. The highest BCUT2D eigenvalue weighted by Crippen LogP contribution is 2.44. The van der Waals surface area contributed by atoms with Gasteiger partial charge in [0.1, 0.15) is 6.61 Å². The number of carboxylic acids is 1. The van der Waals surface area contributed by atoms with Crippen molar-refractivity contribution in [1.82, 2.24) is 5.32 Å². The van der Waals surface area contributed by atoms with Crippen molar-refractivity contribution in [3.05, 3.63) is 89.0 Å². The summed E-state index contributed by atoms with van der Waals surface area (Å²) in [5.41, 5.74) is 5.92. The van der Waals surface area contributed by atoms with E-state index < -0.39 is 30.6 Å². The van der Waals surface area contributed by atoms with Gasteiger partial charge in [0.25, 0.3) is 5.91 Å². The second-order valence-corrected chi connectivity index (χ2v) is 8.04. The molecule has 174 valence electrons. The number of anilines is 1. The Hall–Kier alpha value is -4.17. The molecule has 1 unspecified atom stereocenters. The minimum Gasteiger partial charge on any atom is -0.479 e. The van der Waals surface area contributed by atoms with Crippen LogP contribution >= 0.6 is 0 Å². The van der Waals surface area contributed by atoms with E-state index in [0.29, 0.717) is 11.3 Å². The zero-order chi connectivity index (χ0) is 24.2. The highest BCUT2D eigenvalue weighted by molar-refractivity contribution is 5.96. The topological polar surface area (TPSA) is 125 Å². The first-order chi connectivity index (χ1) is 16.3. The molecule has 4 rings (SSSR count). The average Bonchev–Trinajstić information content (AvgIpc) is 3.16. The molecule has 1 atom stereocenters. The van der Waals surface area contributed by atoms with Gasteiger partial charge in [-0.3, -0.25) is 10.1 Å². The number of carbonyl (C=O) groups excluding carboxylic acids is 2. The zero-order valence-electron chi connectivity index (χ0n) is 18.4. The normalized spacial score (nSPS) is 12.9. The molecular weight excluding hydrogens is 436 g/mol. The number of carbonyl (C=O) groups is 3. The predicted molar refractivity (Wildman–Crippen MR) is 126 cm³/mol. The minimum atomic E-state index is -1.68. The Labute approximate surface area is 196 Å². The number of benzene rings is 3. The third kappa shape index (κ3) is 4.77. The quantitative estimate of drug-likeness (QED) is 0.428. The fourth-order valence-electron chi connectivity index (χ4n) is 4.07. The molecule has 0 aromatic heterocycles. The summed E-state index contributed by atoms with van der Waals surface area (Å²) in [5.74, 6) is -2.00. The van der Waals surface area contributed by atoms with Gasteiger partial charge >= 0.3 is 12.1 Å². The summed E-state index contributed by atoms with van der Waals surface area (Å²) in [4.78, 5) is 35.3. The molecule has 0 radical (unpaired) electrons. The van der Waals surface area contributed by atoms with Crippen LogP contribution < -0.4 is 10.6 Å². The second kappa shape index (κ2) is 9.76. The first kappa shape index (κ1) is 23.0. The number of aryl methyl sites for hydroxylation is 1. The summed E-state index contributed by atoms with van der Waals surface area (Å²) >= 11 is 0. The highest BCUT2D eigenvalue weighted by Gasteiger charge is 2.29. The van der Waals surface area contributed by atoms with Crippen molar-refractivity contribution in [1.29, 1.82) is 0 Å². The maximum absolute atomic E-state index is 12.5. The van der Waals surface area contributed by atoms with Crippen LogP contribution in [0.5, 0.6) is 0 Å². The molecule has 0 saturated carbocycles. The van der Waals surface area contributed by atoms with Gasteiger partial charge in [-0.05, 0) is 52.9 Å². The van der Waals surface area contributed by atoms with Crippen molar-refractivity contribution >= 4 is 23.7 Å². The Bertz CT molecular complexity index is 1210. The van der Waals surface area contributed by atoms with E-state index in [2.05, 4.69) is 22.8 Å². The van der Waals surface area contributed by atoms with E-state index in [1.165, 1.54) is 6.07 Å². The number of hydrogen-bond acceptors (Lipinski definition) is 5. The van der Waals surface area contributed by atoms with Gasteiger partial charge in [0.05, 0.1) is 6.54 Å². The van der Waals surface area contributed by atoms with E-state index in [9.17, 15) is 19.5 Å². The van der Waals surface area contributed by atoms with Crippen LogP contribution in [0.15, 0.2) is 66.7 Å². The molecule has 34 heavy (non-hydrogen) atoms. The van der Waals surface area contributed by atoms with E-state index in [-0.39, 0.29) is 18.1 Å². The first-order valence-corrected chi connectivity index (χ1v) is 10.8. The minimum absolute atomic E-state index is 0.0496. The monoisotopic (exact) mass is 460 g/mol. The van der Waals surface area contributed by atoms with Crippen molar-refractivity contribution in [2.24, 2.45) is 0 Å². The lowest BCUT2D eigenvalue weighted by atomic mass is 9.98. The molecule has 2 amide bonds. The highest BCUT2D eigenvalue weighted by atomic mass is 16.5. The molecule has 0 aliphatic heterocycles. The van der Waals surface area contributed by atoms with Gasteiger partial charge in [-0.25, -0.2) is 9.59 Å². The second-order valence-electron chi connectivity index (χ2n) is 8.04. The smallest absolute Gasteiger partial charge is 0.411 e. The maximum atomic E-state index is 12.5. The number of nitrogens with one attached hydrogen (secondary N) is 2. The number of rotatable bonds is 7. The number of amides is 2. The Morgan fingerprint density at radius 1 is 0.971 bits per heavy atom. The first-order valence-electron chi connectivity index (χ1n) is 10.8. The lowest BCUT2D eigenvalue weighted by molar-refractivity contribution is -0.146. The molecule has 0 bridgehead atoms. The van der Waals surface area contributed by atoms with Crippen LogP contribution in [-0.2, 0) is 9.53 Å². The van der Waals surface area contributed by atoms with Crippen LogP contribution in [0, 0.1) is 6.92 Å². The Morgan fingerprint density at radius 2 is 1.59 bits per heavy atom. The zero-order valence-corrected chi connectivity index (χ0v) is 18.4. The maximum Gasteiger partial charge on any atom is 0.411 e. The van der Waals surface area contributed by atoms with Crippen LogP contribution in [-0.4, -0.2) is 47.4 Å². The molecule has 1 aliphatic rings. The van der Waals surface area contributed by atoms with Crippen molar-refractivity contribution in [3.8, 4) is 11.1 Å². The van der Waals surface area contributed by atoms with Gasteiger partial charge in [-0.2, -0.15) is 0 Å². The van der Waals surface area contributed by atoms with E-state index in [1.54, 1.807) is 19.1 Å². The number of carboxylic acid groups (broad SMARTS) is 1. The van der Waals surface area contributed by atoms with Gasteiger partial charge in [-0.1, -0.05) is 48.5 Å². The predicted octanol–water partition coefficient (Wildman–Crippen LogP) is 3.53. The third-order valence-corrected chi connectivity index (χ3v) is 5.81. The molecule has 0 fully saturated rings. The lowest BCUT2D eigenvalue weighted by Gasteiger charge is -2.15. The van der Waals surface area contributed by atoms with Gasteiger partial charge in [0, 0.05) is 17.2 Å². The Morgan fingerprint density at radius 3 is 2.18 bits per heavy atom. The molecule has 0 heterocycles. The van der Waals surface area contributed by atoms with Gasteiger partial charge in [0.2, 0.25) is 0 Å². The summed E-state index contributed by atoms with van der Waals surface area (Å²) in [6.07, 6.45) is -2.29. The number of ether oxygens (including phenoxy) is 1. The van der Waals surface area contributed by atoms with E-state index >= 15 is 0 Å². The molecule has 8 nitrogen and oxygen atoms in total. The van der Waals surface area contributed by atoms with Gasteiger partial charge in [0.15, 0.2) is 6.10 Å². The summed E-state index contributed by atoms with van der Waals surface area (Å²) < 4.78 is 5.55. The summed E-state index contributed by atoms with van der Waals surface area (Å²) in [6.45, 7) is 1.50. The lowest BCUT2D eigenvalue weighted by Crippen LogP contribution is -2.36. The van der Waals surface area contributed by atoms with Gasteiger partial charge in [-0.15, -0.1) is 0 Å². The molecule has 8 heteroatoms. The van der Waals surface area contributed by atoms with Crippen molar-refractivity contribution in [2.45, 2.75) is 18.9 Å². The molecule has 3 aromatic rings. The largest absolute Gasteiger partial charge is 0.479 e. The van der Waals surface area contributed by atoms with Crippen LogP contribution in [0.4, 0.5) is 10.5 Å². The van der Waals surface area contributed by atoms with Crippen molar-refractivity contribution in [3.63, 3.8) is 0 Å². The van der Waals surface area contributed by atoms with Gasteiger partial charge < -0.3 is 20.3 Å². The molecule has 0 spiro atoms. The number of hydrogen-bond donors (Lipinski definition) is 4. The van der Waals surface area contributed by atoms with Crippen LogP contribution in [0.25, 0.3) is 11.1 Å². The van der Waals surface area contributed by atoms with Crippen molar-refractivity contribution < 1.29 is 29.3 Å². The van der Waals surface area contributed by atoms with E-state index in [0.717, 1.165) is 22.3 Å². The SMILES string of the molecule is Cc1cc(C(=O)NCC(O)C(=O)O)ccc1NC(=O)OCC1c2ccccc2-c2ccccc21. The molecule has 3 aromatic carbocycles. The summed E-state index contributed by atoms with van der Waals surface area (Å²) in [6, 6.07) is 20.8. The average molecular weight is 460 g/mol. The van der Waals surface area contributed by atoms with Crippen LogP contribution in [0.2, 0.25) is 0 Å². The van der Waals surface area contributed by atoms with Crippen LogP contribution in [0.1, 0.15) is 33.0 Å².